The van der Waals surface area contributed by atoms with Gasteiger partial charge in [-0.05, 0) is 59.0 Å². The first-order valence-electron chi connectivity index (χ1n) is 13.9. The molecule has 0 radical (unpaired) electrons. The Balaban J connectivity index is 1.40. The van der Waals surface area contributed by atoms with Crippen molar-refractivity contribution in [3.8, 4) is 28.4 Å². The Morgan fingerprint density at radius 2 is 1.78 bits per heavy atom. The van der Waals surface area contributed by atoms with Gasteiger partial charge in [0, 0.05) is 35.3 Å². The van der Waals surface area contributed by atoms with Gasteiger partial charge in [-0.2, -0.15) is 5.10 Å². The van der Waals surface area contributed by atoms with Gasteiger partial charge < -0.3 is 15.0 Å². The third kappa shape index (κ3) is 4.60. The number of pyridine rings is 1. The molecule has 7 rings (SSSR count). The highest BCUT2D eigenvalue weighted by molar-refractivity contribution is 6.01. The summed E-state index contributed by atoms with van der Waals surface area (Å²) < 4.78 is 7.42. The van der Waals surface area contributed by atoms with Crippen molar-refractivity contribution in [2.75, 3.05) is 13.7 Å². The molecule has 7 nitrogen and oxygen atoms in total. The molecule has 0 fully saturated rings. The SMILES string of the molecule is CCNCc1cccc2[nH]c(-c3nn(Cc4ccc(OC)cc4)c4ccc(-c5cncc6ccccc56)cc34)nc12. The molecule has 0 saturated heterocycles. The largest absolute Gasteiger partial charge is 0.497 e. The monoisotopic (exact) mass is 538 g/mol. The Morgan fingerprint density at radius 1 is 0.902 bits per heavy atom. The van der Waals surface area contributed by atoms with E-state index in [1.165, 1.54) is 5.39 Å². The van der Waals surface area contributed by atoms with Crippen LogP contribution in [0.5, 0.6) is 5.75 Å². The maximum Gasteiger partial charge on any atom is 0.159 e. The number of imidazole rings is 1. The number of aromatic nitrogens is 5. The zero-order chi connectivity index (χ0) is 27.8. The van der Waals surface area contributed by atoms with Gasteiger partial charge in [0.1, 0.15) is 11.4 Å². The van der Waals surface area contributed by atoms with Crippen LogP contribution in [0.25, 0.3) is 55.4 Å². The molecule has 0 unspecified atom stereocenters. The first kappa shape index (κ1) is 25.0. The average Bonchev–Trinajstić information content (AvgIpc) is 3.62. The number of fused-ring (bicyclic) bond motifs is 3. The van der Waals surface area contributed by atoms with E-state index in [0.717, 1.165) is 79.9 Å². The van der Waals surface area contributed by atoms with Gasteiger partial charge in [0.2, 0.25) is 0 Å². The number of rotatable bonds is 8. The van der Waals surface area contributed by atoms with Crippen molar-refractivity contribution in [3.63, 3.8) is 0 Å². The first-order valence-corrected chi connectivity index (χ1v) is 13.9. The summed E-state index contributed by atoms with van der Waals surface area (Å²) in [5.41, 5.74) is 8.33. The number of hydrogen-bond acceptors (Lipinski definition) is 5. The van der Waals surface area contributed by atoms with Gasteiger partial charge >= 0.3 is 0 Å². The highest BCUT2D eigenvalue weighted by Gasteiger charge is 2.18. The van der Waals surface area contributed by atoms with Crippen LogP contribution >= 0.6 is 0 Å². The lowest BCUT2D eigenvalue weighted by molar-refractivity contribution is 0.414. The third-order valence-corrected chi connectivity index (χ3v) is 7.61. The summed E-state index contributed by atoms with van der Waals surface area (Å²) in [6, 6.07) is 29.3. The number of ether oxygens (including phenoxy) is 1. The number of hydrogen-bond donors (Lipinski definition) is 2. The first-order chi connectivity index (χ1) is 20.2. The van der Waals surface area contributed by atoms with Crippen molar-refractivity contribution in [1.82, 2.24) is 30.0 Å². The van der Waals surface area contributed by atoms with Gasteiger partial charge in [-0.1, -0.05) is 61.5 Å². The molecular formula is C34H30N6O. The van der Waals surface area contributed by atoms with E-state index in [-0.39, 0.29) is 0 Å². The van der Waals surface area contributed by atoms with E-state index in [1.807, 2.05) is 30.6 Å². The number of methoxy groups -OCH3 is 1. The van der Waals surface area contributed by atoms with Crippen LogP contribution in [0.4, 0.5) is 0 Å². The summed E-state index contributed by atoms with van der Waals surface area (Å²) in [7, 11) is 1.68. The molecule has 0 aliphatic heterocycles. The van der Waals surface area contributed by atoms with Crippen molar-refractivity contribution in [2.45, 2.75) is 20.0 Å². The summed E-state index contributed by atoms with van der Waals surface area (Å²) in [5.74, 6) is 1.60. The van der Waals surface area contributed by atoms with Gasteiger partial charge in [0.05, 0.1) is 30.2 Å². The predicted octanol–water partition coefficient (Wildman–Crippen LogP) is 6.96. The molecule has 0 amide bonds. The predicted molar refractivity (Wildman–Crippen MR) is 165 cm³/mol. The van der Waals surface area contributed by atoms with Crippen molar-refractivity contribution in [3.05, 3.63) is 108 Å². The fourth-order valence-corrected chi connectivity index (χ4v) is 5.50. The molecule has 0 aliphatic rings. The maximum atomic E-state index is 5.36. The maximum absolute atomic E-state index is 5.36. The van der Waals surface area contributed by atoms with Crippen LogP contribution in [0.2, 0.25) is 0 Å². The molecule has 0 spiro atoms. The smallest absolute Gasteiger partial charge is 0.159 e. The number of benzene rings is 4. The highest BCUT2D eigenvalue weighted by Crippen LogP contribution is 2.35. The second-order valence-electron chi connectivity index (χ2n) is 10.2. The normalized spacial score (nSPS) is 11.6. The van der Waals surface area contributed by atoms with Gasteiger partial charge in [-0.25, -0.2) is 4.98 Å². The number of para-hydroxylation sites is 1. The molecule has 4 aromatic carbocycles. The van der Waals surface area contributed by atoms with E-state index in [9.17, 15) is 0 Å². The molecule has 2 N–H and O–H groups in total. The summed E-state index contributed by atoms with van der Waals surface area (Å²) in [4.78, 5) is 13.2. The summed E-state index contributed by atoms with van der Waals surface area (Å²) in [6.07, 6.45) is 3.86. The molecule has 0 bridgehead atoms. The number of nitrogens with one attached hydrogen (secondary N) is 2. The van der Waals surface area contributed by atoms with Crippen molar-refractivity contribution >= 4 is 32.7 Å². The van der Waals surface area contributed by atoms with Gasteiger partial charge in [0.15, 0.2) is 5.82 Å². The van der Waals surface area contributed by atoms with Crippen LogP contribution in [-0.4, -0.2) is 38.4 Å². The molecule has 202 valence electrons. The van der Waals surface area contributed by atoms with Crippen LogP contribution in [0.1, 0.15) is 18.1 Å². The van der Waals surface area contributed by atoms with Crippen molar-refractivity contribution < 1.29 is 4.74 Å². The minimum absolute atomic E-state index is 0.627. The lowest BCUT2D eigenvalue weighted by Gasteiger charge is -2.08. The van der Waals surface area contributed by atoms with Gasteiger partial charge in [-0.3, -0.25) is 9.67 Å². The Kier molecular flexibility index (Phi) is 6.41. The Bertz CT molecular complexity index is 2000. The fraction of sp³-hybridized carbons (Fsp3) is 0.147. The minimum atomic E-state index is 0.627. The lowest BCUT2D eigenvalue weighted by atomic mass is 9.99. The van der Waals surface area contributed by atoms with Crippen molar-refractivity contribution in [1.29, 1.82) is 0 Å². The standard InChI is InChI=1S/C34H30N6O/c1-3-35-19-25-8-6-10-30-32(25)38-34(37-30)33-28-17-23(29-20-36-18-24-7-4-5-9-27(24)29)13-16-31(28)40(39-33)21-22-11-14-26(41-2)15-12-22/h4-18,20,35H,3,19,21H2,1-2H3,(H,37,38). The quantitative estimate of drug-likeness (QED) is 0.219. The molecule has 3 aromatic heterocycles. The highest BCUT2D eigenvalue weighted by atomic mass is 16.5. The molecule has 0 saturated carbocycles. The fourth-order valence-electron chi connectivity index (χ4n) is 5.50. The third-order valence-electron chi connectivity index (χ3n) is 7.61. The number of aromatic amines is 1. The second-order valence-corrected chi connectivity index (χ2v) is 10.2. The summed E-state index contributed by atoms with van der Waals surface area (Å²) in [5, 5.41) is 11.9. The van der Waals surface area contributed by atoms with Crippen LogP contribution in [0.3, 0.4) is 0 Å². The molecule has 3 heterocycles. The zero-order valence-electron chi connectivity index (χ0n) is 23.1. The Hall–Kier alpha value is -5.01. The molecule has 41 heavy (non-hydrogen) atoms. The van der Waals surface area contributed by atoms with E-state index in [4.69, 9.17) is 14.8 Å². The van der Waals surface area contributed by atoms with E-state index >= 15 is 0 Å². The van der Waals surface area contributed by atoms with E-state index < -0.39 is 0 Å². The van der Waals surface area contributed by atoms with E-state index in [0.29, 0.717) is 6.54 Å². The number of H-pyrrole nitrogens is 1. The molecule has 0 atom stereocenters. The van der Waals surface area contributed by atoms with Gasteiger partial charge in [-0.15, -0.1) is 0 Å². The zero-order valence-corrected chi connectivity index (χ0v) is 23.1. The summed E-state index contributed by atoms with van der Waals surface area (Å²) >= 11 is 0. The average molecular weight is 539 g/mol. The Morgan fingerprint density at radius 3 is 2.63 bits per heavy atom. The topological polar surface area (TPSA) is 80.7 Å². The molecular weight excluding hydrogens is 508 g/mol. The van der Waals surface area contributed by atoms with Crippen LogP contribution in [-0.2, 0) is 13.1 Å². The lowest BCUT2D eigenvalue weighted by Crippen LogP contribution is -2.11. The molecule has 7 aromatic rings. The van der Waals surface area contributed by atoms with E-state index in [2.05, 4.69) is 93.6 Å². The Labute approximate surface area is 237 Å². The van der Waals surface area contributed by atoms with Crippen molar-refractivity contribution in [2.24, 2.45) is 0 Å². The van der Waals surface area contributed by atoms with Crippen LogP contribution < -0.4 is 10.1 Å². The number of nitrogens with zero attached hydrogens (tertiary/aromatic N) is 4. The molecule has 0 aliphatic carbocycles. The summed E-state index contributed by atoms with van der Waals surface area (Å²) in [6.45, 7) is 4.41. The second kappa shape index (κ2) is 10.5. The van der Waals surface area contributed by atoms with Crippen LogP contribution in [0.15, 0.2) is 97.3 Å². The van der Waals surface area contributed by atoms with Crippen LogP contribution in [0, 0.1) is 0 Å². The minimum Gasteiger partial charge on any atom is -0.497 e. The molecule has 7 heteroatoms. The van der Waals surface area contributed by atoms with Gasteiger partial charge in [0.25, 0.3) is 0 Å². The van der Waals surface area contributed by atoms with E-state index in [1.54, 1.807) is 7.11 Å².